The van der Waals surface area contributed by atoms with Crippen LogP contribution in [0.1, 0.15) is 44.9 Å². The molecule has 1 saturated carbocycles. The summed E-state index contributed by atoms with van der Waals surface area (Å²) in [5.41, 5.74) is 0. The maximum atomic E-state index is 12.5. The van der Waals surface area contributed by atoms with Crippen molar-refractivity contribution in [3.8, 4) is 0 Å². The first-order chi connectivity index (χ1) is 11.7. The van der Waals surface area contributed by atoms with E-state index in [0.29, 0.717) is 32.9 Å². The maximum Gasteiger partial charge on any atom is 0.318 e. The van der Waals surface area contributed by atoms with Crippen LogP contribution in [0, 0.1) is 0 Å². The fourth-order valence-corrected chi connectivity index (χ4v) is 3.77. The van der Waals surface area contributed by atoms with E-state index in [1.165, 1.54) is 19.3 Å². The van der Waals surface area contributed by atoms with Crippen molar-refractivity contribution in [2.45, 2.75) is 63.1 Å². The summed E-state index contributed by atoms with van der Waals surface area (Å²) >= 11 is 0. The van der Waals surface area contributed by atoms with E-state index in [-0.39, 0.29) is 30.1 Å². The minimum absolute atomic E-state index is 0.0829. The second-order valence-electron chi connectivity index (χ2n) is 6.95. The van der Waals surface area contributed by atoms with Gasteiger partial charge in [0.15, 0.2) is 0 Å². The van der Waals surface area contributed by atoms with Crippen molar-refractivity contribution in [3.63, 3.8) is 0 Å². The van der Waals surface area contributed by atoms with Gasteiger partial charge in [-0.2, -0.15) is 0 Å². The van der Waals surface area contributed by atoms with Crippen LogP contribution in [-0.2, 0) is 14.3 Å². The molecule has 0 spiro atoms. The van der Waals surface area contributed by atoms with Gasteiger partial charge in [0.25, 0.3) is 0 Å². The SMILES string of the molecule is O=C(NC[C@H]1COCCO1)[C@@H]1CCCN1C(=O)NC1CCCCC1. The Morgan fingerprint density at radius 2 is 1.88 bits per heavy atom. The van der Waals surface area contributed by atoms with Crippen molar-refractivity contribution < 1.29 is 19.1 Å². The van der Waals surface area contributed by atoms with Crippen molar-refractivity contribution >= 4 is 11.9 Å². The number of hydrogen-bond acceptors (Lipinski definition) is 4. The van der Waals surface area contributed by atoms with E-state index in [0.717, 1.165) is 25.7 Å². The van der Waals surface area contributed by atoms with Crippen LogP contribution in [0.25, 0.3) is 0 Å². The molecule has 7 heteroatoms. The summed E-state index contributed by atoms with van der Waals surface area (Å²) in [5.74, 6) is -0.0829. The molecule has 0 unspecified atom stereocenters. The summed E-state index contributed by atoms with van der Waals surface area (Å²) in [7, 11) is 0. The summed E-state index contributed by atoms with van der Waals surface area (Å²) < 4.78 is 10.9. The van der Waals surface area contributed by atoms with Crippen LogP contribution >= 0.6 is 0 Å². The van der Waals surface area contributed by atoms with Gasteiger partial charge in [-0.25, -0.2) is 4.79 Å². The van der Waals surface area contributed by atoms with Crippen LogP contribution in [-0.4, -0.2) is 67.9 Å². The van der Waals surface area contributed by atoms with Gasteiger partial charge in [0.05, 0.1) is 25.9 Å². The monoisotopic (exact) mass is 339 g/mol. The zero-order valence-corrected chi connectivity index (χ0v) is 14.3. The Hall–Kier alpha value is -1.34. The highest BCUT2D eigenvalue weighted by Crippen LogP contribution is 2.21. The summed E-state index contributed by atoms with van der Waals surface area (Å²) in [5, 5.41) is 6.03. The number of nitrogens with zero attached hydrogens (tertiary/aromatic N) is 1. The number of amides is 3. The smallest absolute Gasteiger partial charge is 0.318 e. The van der Waals surface area contributed by atoms with Crippen molar-refractivity contribution in [1.29, 1.82) is 0 Å². The summed E-state index contributed by atoms with van der Waals surface area (Å²) in [6.07, 6.45) is 7.23. The van der Waals surface area contributed by atoms with E-state index in [1.807, 2.05) is 0 Å². The van der Waals surface area contributed by atoms with Crippen molar-refractivity contribution in [2.24, 2.45) is 0 Å². The molecule has 7 nitrogen and oxygen atoms in total. The number of carbonyl (C=O) groups excluding carboxylic acids is 2. The molecule has 2 aliphatic heterocycles. The predicted octanol–water partition coefficient (Wildman–Crippen LogP) is 1.02. The molecule has 0 aromatic carbocycles. The highest BCUT2D eigenvalue weighted by Gasteiger charge is 2.35. The van der Waals surface area contributed by atoms with Crippen molar-refractivity contribution in [1.82, 2.24) is 15.5 Å². The Morgan fingerprint density at radius 1 is 1.04 bits per heavy atom. The van der Waals surface area contributed by atoms with Crippen LogP contribution < -0.4 is 10.6 Å². The Morgan fingerprint density at radius 3 is 2.62 bits per heavy atom. The molecule has 24 heavy (non-hydrogen) atoms. The molecular weight excluding hydrogens is 310 g/mol. The number of urea groups is 1. The Kier molecular flexibility index (Phi) is 6.31. The fraction of sp³-hybridized carbons (Fsp3) is 0.882. The Balaban J connectivity index is 1.46. The van der Waals surface area contributed by atoms with E-state index < -0.39 is 0 Å². The molecule has 0 aromatic rings. The van der Waals surface area contributed by atoms with Gasteiger partial charge in [0.1, 0.15) is 6.04 Å². The van der Waals surface area contributed by atoms with Gasteiger partial charge in [-0.1, -0.05) is 19.3 Å². The van der Waals surface area contributed by atoms with Gasteiger partial charge in [0.2, 0.25) is 5.91 Å². The molecule has 136 valence electrons. The second-order valence-corrected chi connectivity index (χ2v) is 6.95. The lowest BCUT2D eigenvalue weighted by molar-refractivity contribution is -0.127. The number of likely N-dealkylation sites (tertiary alicyclic amines) is 1. The third-order valence-electron chi connectivity index (χ3n) is 5.14. The van der Waals surface area contributed by atoms with Gasteiger partial charge in [-0.05, 0) is 25.7 Å². The van der Waals surface area contributed by atoms with E-state index in [2.05, 4.69) is 10.6 Å². The topological polar surface area (TPSA) is 79.9 Å². The van der Waals surface area contributed by atoms with E-state index in [1.54, 1.807) is 4.90 Å². The van der Waals surface area contributed by atoms with Crippen molar-refractivity contribution in [2.75, 3.05) is 32.9 Å². The summed E-state index contributed by atoms with van der Waals surface area (Å²) in [4.78, 5) is 26.7. The predicted molar refractivity (Wildman–Crippen MR) is 88.7 cm³/mol. The number of ether oxygens (including phenoxy) is 2. The average molecular weight is 339 g/mol. The third-order valence-corrected chi connectivity index (χ3v) is 5.14. The Bertz CT molecular complexity index is 434. The average Bonchev–Trinajstić information content (AvgIpc) is 3.11. The zero-order chi connectivity index (χ0) is 16.8. The molecule has 3 fully saturated rings. The van der Waals surface area contributed by atoms with E-state index in [4.69, 9.17) is 9.47 Å². The standard InChI is InChI=1S/C17H29N3O4/c21-16(18-11-14-12-23-9-10-24-14)15-7-4-8-20(15)17(22)19-13-5-2-1-3-6-13/h13-15H,1-12H2,(H,18,21)(H,19,22)/t14-,15-/m0/s1. The van der Waals surface area contributed by atoms with Crippen LogP contribution in [0.15, 0.2) is 0 Å². The van der Waals surface area contributed by atoms with Gasteiger partial charge in [-0.3, -0.25) is 4.79 Å². The lowest BCUT2D eigenvalue weighted by atomic mass is 9.96. The van der Waals surface area contributed by atoms with E-state index in [9.17, 15) is 9.59 Å². The first-order valence-corrected chi connectivity index (χ1v) is 9.28. The second kappa shape index (κ2) is 8.67. The van der Waals surface area contributed by atoms with Crippen LogP contribution in [0.4, 0.5) is 4.79 Å². The lowest BCUT2D eigenvalue weighted by Crippen LogP contribution is -2.53. The van der Waals surface area contributed by atoms with Gasteiger partial charge in [-0.15, -0.1) is 0 Å². The maximum absolute atomic E-state index is 12.5. The molecule has 1 aliphatic carbocycles. The zero-order valence-electron chi connectivity index (χ0n) is 14.3. The minimum Gasteiger partial charge on any atom is -0.376 e. The van der Waals surface area contributed by atoms with Crippen LogP contribution in [0.3, 0.4) is 0 Å². The number of rotatable bonds is 4. The largest absolute Gasteiger partial charge is 0.376 e. The molecule has 3 aliphatic rings. The highest BCUT2D eigenvalue weighted by atomic mass is 16.6. The molecule has 3 amide bonds. The molecule has 0 radical (unpaired) electrons. The number of carbonyl (C=O) groups is 2. The highest BCUT2D eigenvalue weighted by molar-refractivity contribution is 5.87. The molecule has 2 atom stereocenters. The normalized spacial score (nSPS) is 28.6. The van der Waals surface area contributed by atoms with E-state index >= 15 is 0 Å². The number of hydrogen-bond donors (Lipinski definition) is 2. The molecular formula is C17H29N3O4. The molecule has 2 heterocycles. The molecule has 0 aromatic heterocycles. The van der Waals surface area contributed by atoms with Crippen LogP contribution in [0.2, 0.25) is 0 Å². The summed E-state index contributed by atoms with van der Waals surface area (Å²) in [6, 6.07) is -0.182. The first kappa shape index (κ1) is 17.5. The third kappa shape index (κ3) is 4.60. The Labute approximate surface area is 143 Å². The van der Waals surface area contributed by atoms with Crippen LogP contribution in [0.5, 0.6) is 0 Å². The minimum atomic E-state index is -0.363. The van der Waals surface area contributed by atoms with Crippen molar-refractivity contribution in [3.05, 3.63) is 0 Å². The first-order valence-electron chi connectivity index (χ1n) is 9.28. The van der Waals surface area contributed by atoms with Gasteiger partial charge >= 0.3 is 6.03 Å². The molecule has 2 saturated heterocycles. The van der Waals surface area contributed by atoms with Gasteiger partial charge in [0, 0.05) is 19.1 Å². The number of nitrogens with one attached hydrogen (secondary N) is 2. The fourth-order valence-electron chi connectivity index (χ4n) is 3.77. The molecule has 2 N–H and O–H groups in total. The lowest BCUT2D eigenvalue weighted by Gasteiger charge is -2.29. The van der Waals surface area contributed by atoms with Gasteiger partial charge < -0.3 is 25.0 Å². The molecule has 3 rings (SSSR count). The quantitative estimate of drug-likeness (QED) is 0.802. The summed E-state index contributed by atoms with van der Waals surface area (Å²) in [6.45, 7) is 2.78. The molecule has 0 bridgehead atoms.